The van der Waals surface area contributed by atoms with Crippen molar-refractivity contribution in [2.24, 2.45) is 0 Å². The second kappa shape index (κ2) is 8.67. The van der Waals surface area contributed by atoms with Crippen LogP contribution in [0.1, 0.15) is 30.9 Å². The second-order valence-electron chi connectivity index (χ2n) is 8.12. The molecule has 1 aliphatic heterocycles. The number of ether oxygens (including phenoxy) is 1. The van der Waals surface area contributed by atoms with Crippen molar-refractivity contribution >= 4 is 29.2 Å². The number of fused-ring (bicyclic) bond motifs is 1. The molecule has 1 N–H and O–H groups in total. The molecule has 0 saturated heterocycles. The first-order valence-electron chi connectivity index (χ1n) is 10.4. The Balaban J connectivity index is 1.57. The summed E-state index contributed by atoms with van der Waals surface area (Å²) >= 11 is 0. The van der Waals surface area contributed by atoms with Gasteiger partial charge in [-0.1, -0.05) is 72.8 Å². The highest BCUT2D eigenvalue weighted by molar-refractivity contribution is 6.14. The molecule has 1 aliphatic rings. The van der Waals surface area contributed by atoms with Gasteiger partial charge in [0.15, 0.2) is 6.61 Å². The maximum atomic E-state index is 13.2. The lowest BCUT2D eigenvalue weighted by atomic mass is 9.91. The molecule has 6 nitrogen and oxygen atoms in total. The predicted molar refractivity (Wildman–Crippen MR) is 122 cm³/mol. The molecule has 162 valence electrons. The van der Waals surface area contributed by atoms with E-state index >= 15 is 0 Å². The van der Waals surface area contributed by atoms with Crippen molar-refractivity contribution in [3.05, 3.63) is 96.1 Å². The monoisotopic (exact) mass is 428 g/mol. The summed E-state index contributed by atoms with van der Waals surface area (Å²) in [7, 11) is 0. The Morgan fingerprint density at radius 1 is 0.875 bits per heavy atom. The fourth-order valence-corrected chi connectivity index (χ4v) is 3.93. The van der Waals surface area contributed by atoms with Crippen LogP contribution in [0.15, 0.2) is 84.9 Å². The number of esters is 1. The first kappa shape index (κ1) is 21.3. The van der Waals surface area contributed by atoms with Gasteiger partial charge in [-0.25, -0.2) is 0 Å². The van der Waals surface area contributed by atoms with E-state index in [2.05, 4.69) is 5.32 Å². The van der Waals surface area contributed by atoms with Crippen LogP contribution in [0.2, 0.25) is 0 Å². The van der Waals surface area contributed by atoms with E-state index in [0.717, 1.165) is 11.1 Å². The van der Waals surface area contributed by atoms with Crippen LogP contribution in [0.4, 0.5) is 11.4 Å². The molecule has 4 rings (SSSR count). The van der Waals surface area contributed by atoms with E-state index in [1.807, 2.05) is 60.7 Å². The van der Waals surface area contributed by atoms with Gasteiger partial charge < -0.3 is 10.1 Å². The van der Waals surface area contributed by atoms with Gasteiger partial charge in [-0.15, -0.1) is 0 Å². The largest absolute Gasteiger partial charge is 0.455 e. The van der Waals surface area contributed by atoms with E-state index in [0.29, 0.717) is 11.4 Å². The van der Waals surface area contributed by atoms with E-state index in [-0.39, 0.29) is 5.91 Å². The maximum absolute atomic E-state index is 13.2. The molecule has 0 bridgehead atoms. The smallest absolute Gasteiger partial charge is 0.318 e. The summed E-state index contributed by atoms with van der Waals surface area (Å²) in [6, 6.07) is 25.7. The Kier molecular flexibility index (Phi) is 5.77. The number of hydrogen-bond donors (Lipinski definition) is 1. The van der Waals surface area contributed by atoms with Crippen molar-refractivity contribution in [2.45, 2.75) is 25.3 Å². The second-order valence-corrected chi connectivity index (χ2v) is 8.12. The third-order valence-corrected chi connectivity index (χ3v) is 5.60. The maximum Gasteiger partial charge on any atom is 0.318 e. The number of amides is 2. The zero-order valence-electron chi connectivity index (χ0n) is 17.9. The molecule has 6 heteroatoms. The lowest BCUT2D eigenvalue weighted by Crippen LogP contribution is -2.59. The number of carbonyl (C=O) groups excluding carboxylic acids is 3. The number of hydrogen-bond acceptors (Lipinski definition) is 4. The fraction of sp³-hybridized carbons (Fsp3) is 0.192. The highest BCUT2D eigenvalue weighted by Crippen LogP contribution is 2.36. The summed E-state index contributed by atoms with van der Waals surface area (Å²) in [5, 5.41) is 2.82. The van der Waals surface area contributed by atoms with Gasteiger partial charge >= 0.3 is 5.97 Å². The Bertz CT molecular complexity index is 1100. The topological polar surface area (TPSA) is 75.7 Å². The van der Waals surface area contributed by atoms with Crippen molar-refractivity contribution < 1.29 is 19.1 Å². The zero-order chi connectivity index (χ0) is 22.7. The van der Waals surface area contributed by atoms with Gasteiger partial charge in [-0.3, -0.25) is 19.3 Å². The average molecular weight is 428 g/mol. The van der Waals surface area contributed by atoms with Crippen molar-refractivity contribution in [3.63, 3.8) is 0 Å². The summed E-state index contributed by atoms with van der Waals surface area (Å²) in [5.41, 5.74) is 1.54. The average Bonchev–Trinajstić information content (AvgIpc) is 2.80. The van der Waals surface area contributed by atoms with Crippen LogP contribution in [0, 0.1) is 0 Å². The Morgan fingerprint density at radius 3 is 2.00 bits per heavy atom. The van der Waals surface area contributed by atoms with Gasteiger partial charge in [-0.05, 0) is 37.1 Å². The summed E-state index contributed by atoms with van der Waals surface area (Å²) in [5.74, 6) is -1.95. The van der Waals surface area contributed by atoms with Crippen molar-refractivity contribution in [1.82, 2.24) is 0 Å². The Labute approximate surface area is 186 Å². The molecule has 3 aromatic rings. The van der Waals surface area contributed by atoms with Crippen LogP contribution in [0.3, 0.4) is 0 Å². The number of nitrogens with one attached hydrogen (secondary N) is 1. The van der Waals surface area contributed by atoms with E-state index in [9.17, 15) is 14.4 Å². The number of nitrogens with zero attached hydrogens (tertiary/aromatic N) is 1. The first-order valence-corrected chi connectivity index (χ1v) is 10.4. The molecule has 2 amide bonds. The molecule has 0 radical (unpaired) electrons. The predicted octanol–water partition coefficient (Wildman–Crippen LogP) is 4.13. The molecule has 0 unspecified atom stereocenters. The number of carbonyl (C=O) groups is 3. The van der Waals surface area contributed by atoms with Crippen molar-refractivity contribution in [1.29, 1.82) is 0 Å². The lowest BCUT2D eigenvalue weighted by molar-refractivity contribution is -0.148. The number of benzene rings is 3. The zero-order valence-corrected chi connectivity index (χ0v) is 17.9. The molecule has 1 heterocycles. The highest BCUT2D eigenvalue weighted by Gasteiger charge is 2.43. The summed E-state index contributed by atoms with van der Waals surface area (Å²) < 4.78 is 5.51. The molecule has 0 fully saturated rings. The van der Waals surface area contributed by atoms with E-state index in [4.69, 9.17) is 4.74 Å². The van der Waals surface area contributed by atoms with Crippen LogP contribution >= 0.6 is 0 Å². The minimum absolute atomic E-state index is 0.303. The van der Waals surface area contributed by atoms with Crippen LogP contribution in [0.25, 0.3) is 0 Å². The molecule has 0 spiro atoms. The van der Waals surface area contributed by atoms with Crippen LogP contribution in [0.5, 0.6) is 0 Å². The van der Waals surface area contributed by atoms with Crippen molar-refractivity contribution in [3.8, 4) is 0 Å². The van der Waals surface area contributed by atoms with Crippen molar-refractivity contribution in [2.75, 3.05) is 16.8 Å². The van der Waals surface area contributed by atoms with E-state index < -0.39 is 29.9 Å². The van der Waals surface area contributed by atoms with E-state index in [1.165, 1.54) is 4.90 Å². The molecular weight excluding hydrogens is 404 g/mol. The van der Waals surface area contributed by atoms with E-state index in [1.54, 1.807) is 38.1 Å². The fourth-order valence-electron chi connectivity index (χ4n) is 3.93. The normalized spacial score (nSPS) is 14.5. The van der Waals surface area contributed by atoms with Gasteiger partial charge in [0, 0.05) is 0 Å². The summed E-state index contributed by atoms with van der Waals surface area (Å²) in [6.07, 6.45) is 0. The minimum Gasteiger partial charge on any atom is -0.455 e. The Morgan fingerprint density at radius 2 is 1.41 bits per heavy atom. The van der Waals surface area contributed by atoms with Gasteiger partial charge in [-0.2, -0.15) is 0 Å². The third-order valence-electron chi connectivity index (χ3n) is 5.60. The standard InChI is InChI=1S/C26H24N2O4/c1-26(2)25(31)27-20-15-9-10-16-21(20)28(26)22(29)17-32-24(30)23(18-11-5-3-6-12-18)19-13-7-4-8-14-19/h3-16,23H,17H2,1-2H3,(H,27,31). The van der Waals surface area contributed by atoms with Crippen LogP contribution in [-0.4, -0.2) is 29.9 Å². The molecule has 0 atom stereocenters. The highest BCUT2D eigenvalue weighted by atomic mass is 16.5. The molecule has 32 heavy (non-hydrogen) atoms. The van der Waals surface area contributed by atoms with Gasteiger partial charge in [0.1, 0.15) is 11.5 Å². The minimum atomic E-state index is -1.13. The number of para-hydroxylation sites is 2. The lowest BCUT2D eigenvalue weighted by Gasteiger charge is -2.41. The quantitative estimate of drug-likeness (QED) is 0.620. The number of rotatable bonds is 5. The van der Waals surface area contributed by atoms with Gasteiger partial charge in [0.05, 0.1) is 11.4 Å². The number of anilines is 2. The van der Waals surface area contributed by atoms with Crippen LogP contribution < -0.4 is 10.2 Å². The first-order chi connectivity index (χ1) is 15.4. The molecular formula is C26H24N2O4. The molecule has 0 saturated carbocycles. The van der Waals surface area contributed by atoms with Crippen LogP contribution in [-0.2, 0) is 19.1 Å². The molecule has 3 aromatic carbocycles. The SMILES string of the molecule is CC1(C)C(=O)Nc2ccccc2N1C(=O)COC(=O)C(c1ccccc1)c1ccccc1. The molecule has 0 aliphatic carbocycles. The summed E-state index contributed by atoms with van der Waals surface area (Å²) in [6.45, 7) is 2.85. The summed E-state index contributed by atoms with van der Waals surface area (Å²) in [4.78, 5) is 40.3. The van der Waals surface area contributed by atoms with Gasteiger partial charge in [0.2, 0.25) is 5.91 Å². The Hall–Kier alpha value is -3.93. The molecule has 0 aromatic heterocycles. The van der Waals surface area contributed by atoms with Gasteiger partial charge in [0.25, 0.3) is 5.91 Å². The third kappa shape index (κ3) is 3.99.